The van der Waals surface area contributed by atoms with Crippen molar-refractivity contribution in [2.45, 2.75) is 38.8 Å². The number of nitrogens with two attached hydrogens (primary N) is 1. The van der Waals surface area contributed by atoms with Gasteiger partial charge in [-0.25, -0.2) is 0 Å². The van der Waals surface area contributed by atoms with E-state index in [1.165, 1.54) is 12.8 Å². The monoisotopic (exact) mass is 255 g/mol. The second-order valence-electron chi connectivity index (χ2n) is 5.65. The van der Waals surface area contributed by atoms with Crippen molar-refractivity contribution in [3.05, 3.63) is 0 Å². The molecule has 2 aliphatic rings. The number of carbonyl (C=O) groups excluding carboxylic acids is 1. The molecule has 0 aromatic carbocycles. The molecule has 2 fully saturated rings. The van der Waals surface area contributed by atoms with Crippen LogP contribution in [0, 0.1) is 5.41 Å². The second kappa shape index (κ2) is 5.55. The van der Waals surface area contributed by atoms with E-state index in [2.05, 4.69) is 17.1 Å². The van der Waals surface area contributed by atoms with Crippen LogP contribution in [0.4, 0.5) is 0 Å². The van der Waals surface area contributed by atoms with Gasteiger partial charge in [0.25, 0.3) is 0 Å². The third-order valence-corrected chi connectivity index (χ3v) is 4.19. The van der Waals surface area contributed by atoms with Gasteiger partial charge in [0.1, 0.15) is 0 Å². The molecule has 0 aromatic rings. The molecule has 1 saturated carbocycles. The second-order valence-corrected chi connectivity index (χ2v) is 5.65. The number of hydrogen-bond acceptors (Lipinski definition) is 4. The summed E-state index contributed by atoms with van der Waals surface area (Å²) in [6.45, 7) is 7.65. The SMILES string of the molecule is CCN(CCNC(=O)C1(C)COCC1N)C1CC1. The molecule has 2 rings (SSSR count). The van der Waals surface area contributed by atoms with Gasteiger partial charge in [0.15, 0.2) is 0 Å². The topological polar surface area (TPSA) is 67.6 Å². The highest BCUT2D eigenvalue weighted by molar-refractivity contribution is 5.83. The quantitative estimate of drug-likeness (QED) is 0.698. The van der Waals surface area contributed by atoms with Crippen LogP contribution in [0.15, 0.2) is 0 Å². The molecular formula is C13H25N3O2. The van der Waals surface area contributed by atoms with Crippen molar-refractivity contribution >= 4 is 5.91 Å². The highest BCUT2D eigenvalue weighted by Gasteiger charge is 2.44. The Balaban J connectivity index is 1.74. The molecule has 1 heterocycles. The summed E-state index contributed by atoms with van der Waals surface area (Å²) < 4.78 is 5.29. The molecule has 1 saturated heterocycles. The van der Waals surface area contributed by atoms with Gasteiger partial charge in [-0.15, -0.1) is 0 Å². The fourth-order valence-electron chi connectivity index (χ4n) is 2.48. The summed E-state index contributed by atoms with van der Waals surface area (Å²) in [5, 5.41) is 3.00. The summed E-state index contributed by atoms with van der Waals surface area (Å²) in [4.78, 5) is 14.6. The van der Waals surface area contributed by atoms with Crippen molar-refractivity contribution in [2.24, 2.45) is 11.1 Å². The van der Waals surface area contributed by atoms with Crippen LogP contribution in [0.1, 0.15) is 26.7 Å². The zero-order valence-electron chi connectivity index (χ0n) is 11.4. The van der Waals surface area contributed by atoms with Gasteiger partial charge in [-0.1, -0.05) is 6.92 Å². The maximum absolute atomic E-state index is 12.1. The molecule has 5 nitrogen and oxygen atoms in total. The van der Waals surface area contributed by atoms with Gasteiger partial charge < -0.3 is 15.8 Å². The Bertz CT molecular complexity index is 307. The molecule has 1 aliphatic heterocycles. The lowest BCUT2D eigenvalue weighted by Gasteiger charge is -2.26. The Morgan fingerprint density at radius 1 is 1.56 bits per heavy atom. The van der Waals surface area contributed by atoms with Crippen molar-refractivity contribution in [1.82, 2.24) is 10.2 Å². The van der Waals surface area contributed by atoms with Crippen molar-refractivity contribution in [2.75, 3.05) is 32.8 Å². The lowest BCUT2D eigenvalue weighted by molar-refractivity contribution is -0.130. The molecule has 3 N–H and O–H groups in total. The van der Waals surface area contributed by atoms with Gasteiger partial charge in [-0.2, -0.15) is 0 Å². The highest BCUT2D eigenvalue weighted by Crippen LogP contribution is 2.27. The fraction of sp³-hybridized carbons (Fsp3) is 0.923. The lowest BCUT2D eigenvalue weighted by atomic mass is 9.85. The Hall–Kier alpha value is -0.650. The minimum atomic E-state index is -0.559. The first kappa shape index (κ1) is 13.8. The van der Waals surface area contributed by atoms with E-state index in [0.717, 1.165) is 19.1 Å². The van der Waals surface area contributed by atoms with Crippen LogP contribution in [0.5, 0.6) is 0 Å². The van der Waals surface area contributed by atoms with Gasteiger partial charge >= 0.3 is 0 Å². The zero-order chi connectivity index (χ0) is 13.2. The lowest BCUT2D eigenvalue weighted by Crippen LogP contribution is -2.51. The van der Waals surface area contributed by atoms with E-state index in [9.17, 15) is 4.79 Å². The van der Waals surface area contributed by atoms with E-state index in [-0.39, 0.29) is 11.9 Å². The third-order valence-electron chi connectivity index (χ3n) is 4.19. The maximum atomic E-state index is 12.1. The van der Waals surface area contributed by atoms with E-state index in [0.29, 0.717) is 19.8 Å². The Morgan fingerprint density at radius 3 is 2.78 bits per heavy atom. The number of ether oxygens (including phenoxy) is 1. The summed E-state index contributed by atoms with van der Waals surface area (Å²) in [6, 6.07) is 0.558. The normalized spacial score (nSPS) is 31.9. The molecule has 1 amide bonds. The predicted octanol–water partition coefficient (Wildman–Crippen LogP) is -0.0493. The first-order valence-electron chi connectivity index (χ1n) is 6.93. The van der Waals surface area contributed by atoms with Crippen molar-refractivity contribution < 1.29 is 9.53 Å². The highest BCUT2D eigenvalue weighted by atomic mass is 16.5. The van der Waals surface area contributed by atoms with Crippen LogP contribution in [-0.2, 0) is 9.53 Å². The molecule has 1 aliphatic carbocycles. The molecule has 104 valence electrons. The van der Waals surface area contributed by atoms with E-state index in [1.807, 2.05) is 6.92 Å². The van der Waals surface area contributed by atoms with Gasteiger partial charge in [-0.3, -0.25) is 9.69 Å². The van der Waals surface area contributed by atoms with Gasteiger partial charge in [0.2, 0.25) is 5.91 Å². The predicted molar refractivity (Wildman–Crippen MR) is 70.2 cm³/mol. The fourth-order valence-corrected chi connectivity index (χ4v) is 2.48. The van der Waals surface area contributed by atoms with E-state index >= 15 is 0 Å². The Morgan fingerprint density at radius 2 is 2.28 bits per heavy atom. The van der Waals surface area contributed by atoms with E-state index in [4.69, 9.17) is 10.5 Å². The van der Waals surface area contributed by atoms with Gasteiger partial charge in [0.05, 0.1) is 18.6 Å². The average molecular weight is 255 g/mol. The first-order valence-corrected chi connectivity index (χ1v) is 6.93. The average Bonchev–Trinajstić information content (AvgIpc) is 3.13. The number of hydrogen-bond donors (Lipinski definition) is 2. The molecular weight excluding hydrogens is 230 g/mol. The molecule has 18 heavy (non-hydrogen) atoms. The number of carbonyl (C=O) groups is 1. The van der Waals surface area contributed by atoms with Crippen LogP contribution in [0.3, 0.4) is 0 Å². The molecule has 2 atom stereocenters. The number of likely N-dealkylation sites (N-methyl/N-ethyl adjacent to an activating group) is 1. The minimum Gasteiger partial charge on any atom is -0.379 e. The third kappa shape index (κ3) is 2.84. The van der Waals surface area contributed by atoms with Crippen molar-refractivity contribution in [3.63, 3.8) is 0 Å². The largest absolute Gasteiger partial charge is 0.379 e. The van der Waals surface area contributed by atoms with Crippen molar-refractivity contribution in [1.29, 1.82) is 0 Å². The van der Waals surface area contributed by atoms with Gasteiger partial charge in [0, 0.05) is 25.2 Å². The van der Waals surface area contributed by atoms with Crippen molar-refractivity contribution in [3.8, 4) is 0 Å². The molecule has 5 heteroatoms. The van der Waals surface area contributed by atoms with Crippen LogP contribution < -0.4 is 11.1 Å². The molecule has 0 spiro atoms. The smallest absolute Gasteiger partial charge is 0.229 e. The summed E-state index contributed by atoms with van der Waals surface area (Å²) >= 11 is 0. The van der Waals surface area contributed by atoms with Crippen LogP contribution in [-0.4, -0.2) is 55.7 Å². The van der Waals surface area contributed by atoms with Gasteiger partial charge in [-0.05, 0) is 26.3 Å². The summed E-state index contributed by atoms with van der Waals surface area (Å²) in [5.74, 6) is 0.0272. The van der Waals surface area contributed by atoms with Crippen LogP contribution >= 0.6 is 0 Å². The number of amides is 1. The molecule has 0 bridgehead atoms. The Labute approximate surface area is 109 Å². The van der Waals surface area contributed by atoms with E-state index < -0.39 is 5.41 Å². The molecule has 0 radical (unpaired) electrons. The number of rotatable bonds is 6. The summed E-state index contributed by atoms with van der Waals surface area (Å²) in [5.41, 5.74) is 5.37. The number of nitrogens with one attached hydrogen (secondary N) is 1. The van der Waals surface area contributed by atoms with Crippen LogP contribution in [0.2, 0.25) is 0 Å². The first-order chi connectivity index (χ1) is 8.58. The summed E-state index contributed by atoms with van der Waals surface area (Å²) in [7, 11) is 0. The minimum absolute atomic E-state index is 0.0272. The van der Waals surface area contributed by atoms with Crippen LogP contribution in [0.25, 0.3) is 0 Å². The maximum Gasteiger partial charge on any atom is 0.229 e. The molecule has 0 aromatic heterocycles. The standard InChI is InChI=1S/C13H25N3O2/c1-3-16(10-4-5-10)7-6-15-12(17)13(2)9-18-8-11(13)14/h10-11H,3-9,14H2,1-2H3,(H,15,17). The van der Waals surface area contributed by atoms with E-state index in [1.54, 1.807) is 0 Å². The summed E-state index contributed by atoms with van der Waals surface area (Å²) in [6.07, 6.45) is 2.61. The zero-order valence-corrected chi connectivity index (χ0v) is 11.4. The molecule has 2 unspecified atom stereocenters. The number of nitrogens with zero attached hydrogens (tertiary/aromatic N) is 1. The Kier molecular flexibility index (Phi) is 4.25.